The van der Waals surface area contributed by atoms with Gasteiger partial charge in [-0.15, -0.1) is 0 Å². The summed E-state index contributed by atoms with van der Waals surface area (Å²) in [6.07, 6.45) is 8.32. The summed E-state index contributed by atoms with van der Waals surface area (Å²) >= 11 is 0. The lowest BCUT2D eigenvalue weighted by molar-refractivity contribution is -0.117. The summed E-state index contributed by atoms with van der Waals surface area (Å²) in [7, 11) is 0. The number of carbonyl (C=O) groups is 2. The Morgan fingerprint density at radius 3 is 2.47 bits per heavy atom. The monoisotopic (exact) mass is 410 g/mol. The highest BCUT2D eigenvalue weighted by molar-refractivity contribution is 5.95. The van der Waals surface area contributed by atoms with Gasteiger partial charge >= 0.3 is 0 Å². The van der Waals surface area contributed by atoms with Crippen molar-refractivity contribution in [3.63, 3.8) is 0 Å². The van der Waals surface area contributed by atoms with E-state index >= 15 is 0 Å². The van der Waals surface area contributed by atoms with Crippen LogP contribution >= 0.6 is 0 Å². The van der Waals surface area contributed by atoms with E-state index in [1.165, 1.54) is 6.42 Å². The van der Waals surface area contributed by atoms with Crippen molar-refractivity contribution >= 4 is 17.4 Å². The zero-order valence-corrected chi connectivity index (χ0v) is 18.0. The molecule has 1 aliphatic heterocycles. The molecule has 30 heavy (non-hydrogen) atoms. The number of nitrogens with one attached hydrogen (secondary N) is 1. The molecule has 0 radical (unpaired) electrons. The van der Waals surface area contributed by atoms with Crippen molar-refractivity contribution in [1.29, 1.82) is 0 Å². The van der Waals surface area contributed by atoms with E-state index in [9.17, 15) is 14.7 Å². The Labute approximate surface area is 179 Å². The molecule has 5 aliphatic rings. The second-order valence-electron chi connectivity index (χ2n) is 10.9. The van der Waals surface area contributed by atoms with Crippen molar-refractivity contribution in [2.45, 2.75) is 63.8 Å². The molecule has 0 aromatic heterocycles. The van der Waals surface area contributed by atoms with Gasteiger partial charge in [-0.3, -0.25) is 4.79 Å². The third kappa shape index (κ3) is 3.66. The minimum absolute atomic E-state index is 0.0208. The van der Waals surface area contributed by atoms with Gasteiger partial charge in [0.25, 0.3) is 5.91 Å². The summed E-state index contributed by atoms with van der Waals surface area (Å²) in [5, 5.41) is 13.5. The summed E-state index contributed by atoms with van der Waals surface area (Å²) < 4.78 is 0. The molecule has 5 heteroatoms. The van der Waals surface area contributed by atoms with Gasteiger partial charge in [0.15, 0.2) is 0 Å². The van der Waals surface area contributed by atoms with Crippen LogP contribution in [0.25, 0.3) is 0 Å². The molecule has 1 saturated heterocycles. The van der Waals surface area contributed by atoms with Crippen LogP contribution in [0.1, 0.15) is 68.6 Å². The van der Waals surface area contributed by atoms with Gasteiger partial charge in [-0.25, -0.2) is 0 Å². The number of rotatable bonds is 6. The van der Waals surface area contributed by atoms with E-state index in [-0.39, 0.29) is 29.3 Å². The first-order chi connectivity index (χ1) is 14.4. The number of benzene rings is 1. The number of ketones is 1. The Morgan fingerprint density at radius 2 is 1.83 bits per heavy atom. The van der Waals surface area contributed by atoms with Gasteiger partial charge < -0.3 is 20.1 Å². The largest absolute Gasteiger partial charge is 0.396 e. The van der Waals surface area contributed by atoms with Gasteiger partial charge in [0.1, 0.15) is 5.78 Å². The predicted octanol–water partition coefficient (Wildman–Crippen LogP) is 3.55. The fourth-order valence-corrected chi connectivity index (χ4v) is 7.56. The average molecular weight is 411 g/mol. The molecule has 4 saturated carbocycles. The van der Waals surface area contributed by atoms with E-state index < -0.39 is 0 Å². The minimum Gasteiger partial charge on any atom is -0.396 e. The van der Waals surface area contributed by atoms with Crippen LogP contribution in [0.2, 0.25) is 0 Å². The Kier molecular flexibility index (Phi) is 4.92. The van der Waals surface area contributed by atoms with Crippen molar-refractivity contribution in [1.82, 2.24) is 5.32 Å². The normalized spacial score (nSPS) is 36.9. The van der Waals surface area contributed by atoms with E-state index in [1.807, 2.05) is 24.3 Å². The summed E-state index contributed by atoms with van der Waals surface area (Å²) in [6.45, 7) is 3.81. The number of Topliss-reactive ketones (excluding diaryl/α,β-unsaturated/α-hetero) is 1. The number of hydrogen-bond acceptors (Lipinski definition) is 4. The summed E-state index contributed by atoms with van der Waals surface area (Å²) in [4.78, 5) is 26.8. The van der Waals surface area contributed by atoms with Crippen LogP contribution in [0, 0.1) is 23.2 Å². The number of anilines is 1. The first-order valence-corrected chi connectivity index (χ1v) is 11.7. The quantitative estimate of drug-likeness (QED) is 0.752. The van der Waals surface area contributed by atoms with Gasteiger partial charge in [0.05, 0.1) is 0 Å². The molecule has 3 unspecified atom stereocenters. The number of carbonyl (C=O) groups excluding carboxylic acids is 2. The summed E-state index contributed by atoms with van der Waals surface area (Å²) in [6, 6.07) is 7.95. The second kappa shape index (κ2) is 7.37. The van der Waals surface area contributed by atoms with Gasteiger partial charge in [-0.1, -0.05) is 0 Å². The fourth-order valence-electron chi connectivity index (χ4n) is 7.56. The van der Waals surface area contributed by atoms with Crippen molar-refractivity contribution in [2.75, 3.05) is 24.6 Å². The Balaban J connectivity index is 1.25. The molecular weight excluding hydrogens is 376 g/mol. The molecule has 1 amide bonds. The van der Waals surface area contributed by atoms with Crippen molar-refractivity contribution in [3.05, 3.63) is 29.8 Å². The molecule has 4 aliphatic carbocycles. The standard InChI is InChI=1S/C25H34N2O3/c1-17(29)8-18-6-7-27(14-18)22-4-2-21(3-5-22)23(30)26-25-12-19-9-20(13-25)11-24(10-19,15-25)16-28/h2-5,18-20,28H,6-16H2,1H3,(H,26,30). The molecule has 2 N–H and O–H groups in total. The number of aliphatic hydroxyl groups excluding tert-OH is 1. The maximum absolute atomic E-state index is 13.1. The first kappa shape index (κ1) is 20.0. The van der Waals surface area contributed by atoms with E-state index in [4.69, 9.17) is 0 Å². The number of hydrogen-bond donors (Lipinski definition) is 2. The van der Waals surface area contributed by atoms with Gasteiger partial charge in [-0.2, -0.15) is 0 Å². The van der Waals surface area contributed by atoms with Crippen LogP contribution in [-0.2, 0) is 4.79 Å². The van der Waals surface area contributed by atoms with Crippen molar-refractivity contribution in [3.8, 4) is 0 Å². The minimum atomic E-state index is -0.128. The topological polar surface area (TPSA) is 69.6 Å². The van der Waals surface area contributed by atoms with E-state index in [0.29, 0.717) is 29.7 Å². The third-order valence-electron chi connectivity index (χ3n) is 8.25. The maximum Gasteiger partial charge on any atom is 0.251 e. The average Bonchev–Trinajstić information content (AvgIpc) is 3.14. The molecule has 3 atom stereocenters. The number of amides is 1. The van der Waals surface area contributed by atoms with Gasteiger partial charge in [0, 0.05) is 42.9 Å². The zero-order chi connectivity index (χ0) is 20.9. The predicted molar refractivity (Wildman–Crippen MR) is 116 cm³/mol. The fraction of sp³-hybridized carbons (Fsp3) is 0.680. The van der Waals surface area contributed by atoms with Crippen LogP contribution in [0.15, 0.2) is 24.3 Å². The van der Waals surface area contributed by atoms with Crippen LogP contribution in [-0.4, -0.2) is 42.0 Å². The molecule has 5 fully saturated rings. The van der Waals surface area contributed by atoms with Crippen LogP contribution < -0.4 is 10.2 Å². The van der Waals surface area contributed by atoms with E-state index in [1.54, 1.807) is 6.92 Å². The SMILES string of the molecule is CC(=O)CC1CCN(c2ccc(C(=O)NC34CC5CC(CC(CO)(C5)C3)C4)cc2)C1. The molecule has 5 nitrogen and oxygen atoms in total. The number of nitrogens with zero attached hydrogens (tertiary/aromatic N) is 1. The van der Waals surface area contributed by atoms with Gasteiger partial charge in [-0.05, 0) is 99.3 Å². The molecule has 0 spiro atoms. The molecule has 1 aromatic rings. The molecule has 4 bridgehead atoms. The highest BCUT2D eigenvalue weighted by Crippen LogP contribution is 2.61. The molecule has 6 rings (SSSR count). The van der Waals surface area contributed by atoms with Crippen molar-refractivity contribution in [2.24, 2.45) is 23.2 Å². The zero-order valence-electron chi connectivity index (χ0n) is 18.0. The van der Waals surface area contributed by atoms with E-state index in [0.717, 1.165) is 57.3 Å². The molecule has 1 heterocycles. The first-order valence-electron chi connectivity index (χ1n) is 11.7. The lowest BCUT2D eigenvalue weighted by Crippen LogP contribution is -2.63. The summed E-state index contributed by atoms with van der Waals surface area (Å²) in [5.41, 5.74) is 1.75. The lowest BCUT2D eigenvalue weighted by Gasteiger charge is -2.61. The number of aliphatic hydroxyl groups is 1. The highest BCUT2D eigenvalue weighted by atomic mass is 16.3. The lowest BCUT2D eigenvalue weighted by atomic mass is 9.47. The third-order valence-corrected chi connectivity index (χ3v) is 8.25. The second-order valence-corrected chi connectivity index (χ2v) is 10.9. The summed E-state index contributed by atoms with van der Waals surface area (Å²) in [5.74, 6) is 2.03. The van der Waals surface area contributed by atoms with Crippen LogP contribution in [0.4, 0.5) is 5.69 Å². The smallest absolute Gasteiger partial charge is 0.251 e. The van der Waals surface area contributed by atoms with Gasteiger partial charge in [0.2, 0.25) is 0 Å². The molecular formula is C25H34N2O3. The maximum atomic E-state index is 13.1. The molecule has 162 valence electrons. The Bertz CT molecular complexity index is 819. The van der Waals surface area contributed by atoms with Crippen molar-refractivity contribution < 1.29 is 14.7 Å². The Hall–Kier alpha value is -1.88. The Morgan fingerprint density at radius 1 is 1.13 bits per heavy atom. The van der Waals surface area contributed by atoms with Crippen LogP contribution in [0.5, 0.6) is 0 Å². The highest BCUT2D eigenvalue weighted by Gasteiger charge is 2.57. The van der Waals surface area contributed by atoms with Crippen LogP contribution in [0.3, 0.4) is 0 Å². The molecule has 1 aromatic carbocycles. The van der Waals surface area contributed by atoms with E-state index in [2.05, 4.69) is 10.2 Å².